The number of allylic oxidation sites excluding steroid dienone is 4. The number of carbonyl (C=O) groups excluding carboxylic acids is 2. The van der Waals surface area contributed by atoms with Crippen LogP contribution in [-0.2, 0) is 4.79 Å². The number of piperidine rings is 1. The number of benzene rings is 1. The van der Waals surface area contributed by atoms with Crippen LogP contribution >= 0.6 is 0 Å². The van der Waals surface area contributed by atoms with Crippen molar-refractivity contribution in [1.82, 2.24) is 10.2 Å². The molecule has 0 unspecified atom stereocenters. The predicted octanol–water partition coefficient (Wildman–Crippen LogP) is 6.07. The molecule has 1 aromatic carbocycles. The van der Waals surface area contributed by atoms with Crippen molar-refractivity contribution in [3.8, 4) is 0 Å². The first-order valence-electron chi connectivity index (χ1n) is 12.1. The number of nitrogens with zero attached hydrogens (tertiary/aromatic N) is 1. The first-order valence-corrected chi connectivity index (χ1v) is 12.1. The van der Waals surface area contributed by atoms with E-state index in [1.165, 1.54) is 30.5 Å². The molecule has 1 fully saturated rings. The highest BCUT2D eigenvalue weighted by molar-refractivity contribution is 5.95. The molecule has 0 spiro atoms. The minimum Gasteiger partial charge on any atom is -0.326 e. The van der Waals surface area contributed by atoms with Gasteiger partial charge in [-0.2, -0.15) is 0 Å². The maximum absolute atomic E-state index is 13.0. The number of nitrogens with one attached hydrogen (secondary N) is 1. The lowest BCUT2D eigenvalue weighted by Crippen LogP contribution is -2.34. The SMILES string of the molecule is C=C/C=C(\C=C(/C)CC1CCN(CCCCC(=O)c2ccc(F)cc2)CC1)NC(=O)C(C)C. The van der Waals surface area contributed by atoms with Crippen molar-refractivity contribution in [3.05, 3.63) is 71.7 Å². The molecule has 0 aliphatic carbocycles. The molecule has 33 heavy (non-hydrogen) atoms. The molecule has 0 bridgehead atoms. The average molecular weight is 455 g/mol. The molecule has 0 radical (unpaired) electrons. The number of unbranched alkanes of at least 4 members (excludes halogenated alkanes) is 1. The van der Waals surface area contributed by atoms with Crippen molar-refractivity contribution in [2.45, 2.75) is 59.3 Å². The highest BCUT2D eigenvalue weighted by atomic mass is 19.1. The molecule has 1 saturated heterocycles. The van der Waals surface area contributed by atoms with E-state index in [0.29, 0.717) is 17.9 Å². The maximum atomic E-state index is 13.0. The van der Waals surface area contributed by atoms with Crippen LogP contribution < -0.4 is 5.32 Å². The third-order valence-electron chi connectivity index (χ3n) is 6.10. The molecule has 1 N–H and O–H groups in total. The summed E-state index contributed by atoms with van der Waals surface area (Å²) in [5.74, 6) is 0.387. The number of likely N-dealkylation sites (tertiary alicyclic amines) is 1. The zero-order chi connectivity index (χ0) is 24.2. The fourth-order valence-electron chi connectivity index (χ4n) is 4.13. The zero-order valence-corrected chi connectivity index (χ0v) is 20.4. The summed E-state index contributed by atoms with van der Waals surface area (Å²) in [6, 6.07) is 5.81. The lowest BCUT2D eigenvalue weighted by atomic mass is 9.90. The van der Waals surface area contributed by atoms with Crippen molar-refractivity contribution in [2.75, 3.05) is 19.6 Å². The Morgan fingerprint density at radius 1 is 1.18 bits per heavy atom. The van der Waals surface area contributed by atoms with Crippen LogP contribution in [0.4, 0.5) is 4.39 Å². The van der Waals surface area contributed by atoms with E-state index < -0.39 is 0 Å². The molecule has 180 valence electrons. The fraction of sp³-hybridized carbons (Fsp3) is 0.500. The van der Waals surface area contributed by atoms with Gasteiger partial charge in [-0.25, -0.2) is 4.39 Å². The molecule has 5 heteroatoms. The Labute approximate surface area is 198 Å². The number of rotatable bonds is 12. The van der Waals surface area contributed by atoms with Gasteiger partial charge >= 0.3 is 0 Å². The van der Waals surface area contributed by atoms with E-state index in [1.54, 1.807) is 18.2 Å². The van der Waals surface area contributed by atoms with Gasteiger partial charge in [-0.1, -0.05) is 32.1 Å². The minimum absolute atomic E-state index is 0.0137. The van der Waals surface area contributed by atoms with Gasteiger partial charge in [-0.3, -0.25) is 9.59 Å². The Bertz CT molecular complexity index is 847. The molecule has 1 aliphatic heterocycles. The fourth-order valence-corrected chi connectivity index (χ4v) is 4.13. The molecular weight excluding hydrogens is 415 g/mol. The van der Waals surface area contributed by atoms with Gasteiger partial charge in [0.05, 0.1) is 0 Å². The first kappa shape index (κ1) is 26.7. The number of hydrogen-bond donors (Lipinski definition) is 1. The summed E-state index contributed by atoms with van der Waals surface area (Å²) in [6.07, 6.45) is 11.3. The number of hydrogen-bond acceptors (Lipinski definition) is 3. The lowest BCUT2D eigenvalue weighted by molar-refractivity contribution is -0.123. The summed E-state index contributed by atoms with van der Waals surface area (Å²) in [5.41, 5.74) is 2.66. The van der Waals surface area contributed by atoms with E-state index in [-0.39, 0.29) is 23.4 Å². The van der Waals surface area contributed by atoms with E-state index in [1.807, 2.05) is 19.9 Å². The summed E-state index contributed by atoms with van der Waals surface area (Å²) >= 11 is 0. The van der Waals surface area contributed by atoms with Crippen LogP contribution in [0.5, 0.6) is 0 Å². The van der Waals surface area contributed by atoms with Gasteiger partial charge in [-0.15, -0.1) is 0 Å². The van der Waals surface area contributed by atoms with Crippen molar-refractivity contribution in [3.63, 3.8) is 0 Å². The first-order chi connectivity index (χ1) is 15.8. The summed E-state index contributed by atoms with van der Waals surface area (Å²) in [7, 11) is 0. The number of ketones is 1. The zero-order valence-electron chi connectivity index (χ0n) is 20.4. The van der Waals surface area contributed by atoms with Crippen molar-refractivity contribution in [1.29, 1.82) is 0 Å². The highest BCUT2D eigenvalue weighted by Crippen LogP contribution is 2.25. The number of Topliss-reactive ketones (excluding diaryl/α,β-unsaturated/α-hetero) is 1. The largest absolute Gasteiger partial charge is 0.326 e. The normalized spacial score (nSPS) is 16.2. The number of amides is 1. The molecule has 1 aliphatic rings. The third kappa shape index (κ3) is 9.87. The minimum atomic E-state index is -0.313. The quantitative estimate of drug-likeness (QED) is 0.237. The summed E-state index contributed by atoms with van der Waals surface area (Å²) in [5, 5.41) is 2.97. The Hall–Kier alpha value is -2.53. The van der Waals surface area contributed by atoms with Gasteiger partial charge in [0.15, 0.2) is 5.78 Å². The number of halogens is 1. The summed E-state index contributed by atoms with van der Waals surface area (Å²) in [4.78, 5) is 26.7. The summed E-state index contributed by atoms with van der Waals surface area (Å²) in [6.45, 7) is 12.8. The predicted molar refractivity (Wildman–Crippen MR) is 133 cm³/mol. The van der Waals surface area contributed by atoms with Gasteiger partial charge < -0.3 is 10.2 Å². The second-order valence-corrected chi connectivity index (χ2v) is 9.37. The van der Waals surface area contributed by atoms with Crippen molar-refractivity contribution in [2.24, 2.45) is 11.8 Å². The third-order valence-corrected chi connectivity index (χ3v) is 6.10. The van der Waals surface area contributed by atoms with Gasteiger partial charge in [0.2, 0.25) is 5.91 Å². The molecule has 0 aromatic heterocycles. The van der Waals surface area contributed by atoms with Crippen LogP contribution in [0.15, 0.2) is 60.3 Å². The van der Waals surface area contributed by atoms with E-state index in [4.69, 9.17) is 0 Å². The van der Waals surface area contributed by atoms with Gasteiger partial charge in [0.1, 0.15) is 5.82 Å². The molecule has 4 nitrogen and oxygen atoms in total. The van der Waals surface area contributed by atoms with Gasteiger partial charge in [0, 0.05) is 23.6 Å². The van der Waals surface area contributed by atoms with Crippen LogP contribution in [0.25, 0.3) is 0 Å². The molecule has 2 rings (SSSR count). The maximum Gasteiger partial charge on any atom is 0.226 e. The Morgan fingerprint density at radius 2 is 1.85 bits per heavy atom. The van der Waals surface area contributed by atoms with E-state index in [2.05, 4.69) is 29.8 Å². The Morgan fingerprint density at radius 3 is 2.45 bits per heavy atom. The van der Waals surface area contributed by atoms with Crippen molar-refractivity contribution < 1.29 is 14.0 Å². The second-order valence-electron chi connectivity index (χ2n) is 9.37. The topological polar surface area (TPSA) is 49.4 Å². The molecule has 1 aromatic rings. The average Bonchev–Trinajstić information content (AvgIpc) is 2.78. The molecular formula is C28H39FN2O2. The van der Waals surface area contributed by atoms with Crippen LogP contribution in [0.1, 0.15) is 69.7 Å². The number of carbonyl (C=O) groups is 2. The van der Waals surface area contributed by atoms with Gasteiger partial charge in [0.25, 0.3) is 0 Å². The Kier molecular flexibility index (Phi) is 11.2. The van der Waals surface area contributed by atoms with Crippen LogP contribution in [-0.4, -0.2) is 36.2 Å². The van der Waals surface area contributed by atoms with Crippen LogP contribution in [0.3, 0.4) is 0 Å². The monoisotopic (exact) mass is 454 g/mol. The Balaban J connectivity index is 1.69. The summed E-state index contributed by atoms with van der Waals surface area (Å²) < 4.78 is 13.0. The lowest BCUT2D eigenvalue weighted by Gasteiger charge is -2.32. The van der Waals surface area contributed by atoms with E-state index in [0.717, 1.165) is 44.6 Å². The molecule has 0 saturated carbocycles. The smallest absolute Gasteiger partial charge is 0.226 e. The van der Waals surface area contributed by atoms with E-state index in [9.17, 15) is 14.0 Å². The standard InChI is InChI=1S/C28H39FN2O2/c1-5-8-26(30-28(33)21(2)3)20-22(4)19-23-14-17-31(18-15-23)16-7-6-9-27(32)24-10-12-25(29)13-11-24/h5,8,10-13,20-21,23H,1,6-7,9,14-19H2,2-4H3,(H,30,33)/b22-20+,26-8+. The van der Waals surface area contributed by atoms with E-state index >= 15 is 0 Å². The van der Waals surface area contributed by atoms with Crippen LogP contribution in [0, 0.1) is 17.7 Å². The van der Waals surface area contributed by atoms with Gasteiger partial charge in [-0.05, 0) is 101 Å². The second kappa shape index (κ2) is 13.9. The highest BCUT2D eigenvalue weighted by Gasteiger charge is 2.19. The molecule has 1 heterocycles. The molecule has 0 atom stereocenters. The van der Waals surface area contributed by atoms with Crippen LogP contribution in [0.2, 0.25) is 0 Å². The van der Waals surface area contributed by atoms with Crippen molar-refractivity contribution >= 4 is 11.7 Å². The molecule has 1 amide bonds.